The molecular weight excluding hydrogens is 685 g/mol. The molecule has 10 nitrogen and oxygen atoms in total. The van der Waals surface area contributed by atoms with Crippen LogP contribution in [0.25, 0.3) is 0 Å². The van der Waals surface area contributed by atoms with Crippen molar-refractivity contribution in [2.75, 3.05) is 38.7 Å². The predicted molar refractivity (Wildman–Crippen MR) is 191 cm³/mol. The maximum atomic E-state index is 15.2. The van der Waals surface area contributed by atoms with Crippen molar-refractivity contribution in [1.29, 1.82) is 0 Å². The summed E-state index contributed by atoms with van der Waals surface area (Å²) in [5.74, 6) is -1.18. The fraction of sp³-hybridized carbons (Fsp3) is 0.297. The molecule has 0 spiro atoms. The smallest absolute Gasteiger partial charge is 0.265 e. The van der Waals surface area contributed by atoms with E-state index < -0.39 is 40.2 Å². The minimum atomic E-state index is -4.56. The van der Waals surface area contributed by atoms with E-state index in [1.54, 1.807) is 6.07 Å². The average Bonchev–Trinajstić information content (AvgIpc) is 3.11. The van der Waals surface area contributed by atoms with Gasteiger partial charge in [0.25, 0.3) is 10.0 Å². The number of amides is 2. The molecule has 0 heterocycles. The molecule has 4 aromatic carbocycles. The first-order valence-corrected chi connectivity index (χ1v) is 17.6. The van der Waals surface area contributed by atoms with Gasteiger partial charge in [-0.3, -0.25) is 13.9 Å². The van der Waals surface area contributed by atoms with Crippen molar-refractivity contribution in [3.05, 3.63) is 113 Å². The summed E-state index contributed by atoms with van der Waals surface area (Å²) in [6.45, 7) is 3.07. The number of anilines is 1. The van der Waals surface area contributed by atoms with Gasteiger partial charge < -0.3 is 24.4 Å². The van der Waals surface area contributed by atoms with Crippen molar-refractivity contribution < 1.29 is 36.6 Å². The number of hydrogen-bond donors (Lipinski definition) is 1. The standard InChI is InChI=1S/C37H41ClFN3O7S/c1-25(2)22-40-37(44)32(19-26-11-7-6-8-12-26)41(23-27-13-9-10-14-30(27)39)36(43)24-42(31-20-28(38)15-17-33(31)47-3)50(45,46)29-16-18-34(48-4)35(21-29)49-5/h6-18,20-21,25,32H,19,22-24H2,1-5H3,(H,40,44). The molecule has 4 rings (SSSR count). The van der Waals surface area contributed by atoms with Crippen molar-refractivity contribution in [3.63, 3.8) is 0 Å². The SMILES string of the molecule is COc1ccc(S(=O)(=O)N(CC(=O)N(Cc2ccccc2F)C(Cc2ccccc2)C(=O)NCC(C)C)c2cc(Cl)ccc2OC)cc1OC. The maximum Gasteiger partial charge on any atom is 0.265 e. The Bertz CT molecular complexity index is 1890. The van der Waals surface area contributed by atoms with E-state index in [1.807, 2.05) is 44.2 Å². The molecule has 1 unspecified atom stereocenters. The van der Waals surface area contributed by atoms with Gasteiger partial charge in [0.05, 0.1) is 31.9 Å². The van der Waals surface area contributed by atoms with Crippen LogP contribution in [0.1, 0.15) is 25.0 Å². The number of ether oxygens (including phenoxy) is 3. The fourth-order valence-electron chi connectivity index (χ4n) is 5.26. The number of methoxy groups -OCH3 is 3. The number of sulfonamides is 1. The normalized spacial score (nSPS) is 11.8. The Morgan fingerprint density at radius 2 is 1.48 bits per heavy atom. The van der Waals surface area contributed by atoms with Crippen LogP contribution in [0.3, 0.4) is 0 Å². The number of halogens is 2. The van der Waals surface area contributed by atoms with Crippen LogP contribution in [0.5, 0.6) is 17.2 Å². The molecular formula is C37H41ClFN3O7S. The molecule has 0 radical (unpaired) electrons. The van der Waals surface area contributed by atoms with Gasteiger partial charge >= 0.3 is 0 Å². The third kappa shape index (κ3) is 9.25. The summed E-state index contributed by atoms with van der Waals surface area (Å²) in [5, 5.41) is 3.09. The minimum Gasteiger partial charge on any atom is -0.495 e. The summed E-state index contributed by atoms with van der Waals surface area (Å²) < 4.78 is 61.3. The molecule has 0 aliphatic carbocycles. The van der Waals surface area contributed by atoms with Crippen LogP contribution in [-0.2, 0) is 32.6 Å². The lowest BCUT2D eigenvalue weighted by atomic mass is 10.0. The van der Waals surface area contributed by atoms with Crippen LogP contribution in [0.2, 0.25) is 5.02 Å². The number of nitrogens with one attached hydrogen (secondary N) is 1. The molecule has 0 aromatic heterocycles. The van der Waals surface area contributed by atoms with Gasteiger partial charge in [0, 0.05) is 36.2 Å². The number of carbonyl (C=O) groups excluding carboxylic acids is 2. The van der Waals surface area contributed by atoms with Crippen LogP contribution in [-0.4, -0.2) is 65.6 Å². The first-order valence-electron chi connectivity index (χ1n) is 15.8. The Labute approximate surface area is 297 Å². The number of hydrogen-bond acceptors (Lipinski definition) is 7. The molecule has 50 heavy (non-hydrogen) atoms. The quantitative estimate of drug-likeness (QED) is 0.148. The van der Waals surface area contributed by atoms with Crippen molar-refractivity contribution in [3.8, 4) is 17.2 Å². The van der Waals surface area contributed by atoms with E-state index in [2.05, 4.69) is 5.32 Å². The van der Waals surface area contributed by atoms with E-state index in [4.69, 9.17) is 25.8 Å². The molecule has 1 atom stereocenters. The first-order chi connectivity index (χ1) is 23.9. The second-order valence-corrected chi connectivity index (χ2v) is 14.1. The molecule has 4 aromatic rings. The number of rotatable bonds is 16. The van der Waals surface area contributed by atoms with Gasteiger partial charge in [0.15, 0.2) is 11.5 Å². The Hall–Kier alpha value is -4.81. The number of nitrogens with zero attached hydrogens (tertiary/aromatic N) is 2. The van der Waals surface area contributed by atoms with Crippen LogP contribution in [0, 0.1) is 11.7 Å². The summed E-state index contributed by atoms with van der Waals surface area (Å²) in [4.78, 5) is 29.6. The largest absolute Gasteiger partial charge is 0.495 e. The van der Waals surface area contributed by atoms with E-state index in [9.17, 15) is 18.0 Å². The van der Waals surface area contributed by atoms with Gasteiger partial charge in [-0.15, -0.1) is 0 Å². The topological polar surface area (TPSA) is 114 Å². The van der Waals surface area contributed by atoms with Crippen molar-refractivity contribution in [1.82, 2.24) is 10.2 Å². The summed E-state index contributed by atoms with van der Waals surface area (Å²) in [5.41, 5.74) is 0.859. The van der Waals surface area contributed by atoms with E-state index in [0.717, 1.165) is 9.87 Å². The second-order valence-electron chi connectivity index (χ2n) is 11.8. The van der Waals surface area contributed by atoms with E-state index in [-0.39, 0.29) is 51.6 Å². The van der Waals surface area contributed by atoms with Gasteiger partial charge in [-0.1, -0.05) is 74.0 Å². The molecule has 13 heteroatoms. The lowest BCUT2D eigenvalue weighted by Gasteiger charge is -2.34. The van der Waals surface area contributed by atoms with Crippen LogP contribution in [0.15, 0.2) is 95.9 Å². The highest BCUT2D eigenvalue weighted by Crippen LogP contribution is 2.37. The molecule has 1 N–H and O–H groups in total. The van der Waals surface area contributed by atoms with Crippen LogP contribution >= 0.6 is 11.6 Å². The van der Waals surface area contributed by atoms with Gasteiger partial charge in [-0.05, 0) is 47.9 Å². The van der Waals surface area contributed by atoms with Crippen molar-refractivity contribution >= 4 is 39.1 Å². The maximum absolute atomic E-state index is 15.2. The highest BCUT2D eigenvalue weighted by molar-refractivity contribution is 7.92. The second kappa shape index (κ2) is 17.2. The van der Waals surface area contributed by atoms with E-state index >= 15 is 4.39 Å². The molecule has 0 saturated heterocycles. The monoisotopic (exact) mass is 725 g/mol. The Balaban J connectivity index is 1.89. The molecule has 0 fully saturated rings. The van der Waals surface area contributed by atoms with Crippen molar-refractivity contribution in [2.45, 2.75) is 37.8 Å². The van der Waals surface area contributed by atoms with Crippen LogP contribution < -0.4 is 23.8 Å². The van der Waals surface area contributed by atoms with Crippen molar-refractivity contribution in [2.24, 2.45) is 5.92 Å². The Morgan fingerprint density at radius 1 is 0.840 bits per heavy atom. The number of benzene rings is 4. The Kier molecular flexibility index (Phi) is 13.1. The molecule has 2 amide bonds. The van der Waals surface area contributed by atoms with Gasteiger partial charge in [-0.2, -0.15) is 0 Å². The predicted octanol–water partition coefficient (Wildman–Crippen LogP) is 6.11. The van der Waals surface area contributed by atoms with E-state index in [1.165, 1.54) is 80.8 Å². The molecule has 0 aliphatic rings. The lowest BCUT2D eigenvalue weighted by molar-refractivity contribution is -0.140. The lowest BCUT2D eigenvalue weighted by Crippen LogP contribution is -2.53. The highest BCUT2D eigenvalue weighted by Gasteiger charge is 2.36. The molecule has 0 bridgehead atoms. The fourth-order valence-corrected chi connectivity index (χ4v) is 6.86. The minimum absolute atomic E-state index is 0.0298. The zero-order valence-corrected chi connectivity index (χ0v) is 30.1. The summed E-state index contributed by atoms with van der Waals surface area (Å²) in [6, 6.07) is 22.2. The molecule has 266 valence electrons. The van der Waals surface area contributed by atoms with Gasteiger partial charge in [-0.25, -0.2) is 12.8 Å². The zero-order chi connectivity index (χ0) is 36.4. The third-order valence-electron chi connectivity index (χ3n) is 7.89. The van der Waals surface area contributed by atoms with Crippen LogP contribution in [0.4, 0.5) is 10.1 Å². The zero-order valence-electron chi connectivity index (χ0n) is 28.6. The Morgan fingerprint density at radius 3 is 2.12 bits per heavy atom. The molecule has 0 saturated carbocycles. The third-order valence-corrected chi connectivity index (χ3v) is 9.88. The summed E-state index contributed by atoms with van der Waals surface area (Å²) >= 11 is 6.36. The van der Waals surface area contributed by atoms with Gasteiger partial charge in [0.2, 0.25) is 11.8 Å². The average molecular weight is 726 g/mol. The van der Waals surface area contributed by atoms with E-state index in [0.29, 0.717) is 12.3 Å². The highest BCUT2D eigenvalue weighted by atomic mass is 35.5. The first kappa shape index (κ1) is 38.0. The summed E-state index contributed by atoms with van der Waals surface area (Å²) in [6.07, 6.45) is 0.0773. The summed E-state index contributed by atoms with van der Waals surface area (Å²) in [7, 11) is -0.417. The number of carbonyl (C=O) groups is 2. The van der Waals surface area contributed by atoms with Gasteiger partial charge in [0.1, 0.15) is 24.2 Å². The molecule has 0 aliphatic heterocycles.